The Morgan fingerprint density at radius 1 is 1.11 bits per heavy atom. The molecule has 0 saturated heterocycles. The van der Waals surface area contributed by atoms with Gasteiger partial charge in [-0.3, -0.25) is 4.79 Å². The summed E-state index contributed by atoms with van der Waals surface area (Å²) in [6, 6.07) is 17.7. The first-order valence-corrected chi connectivity index (χ1v) is 9.80. The first kappa shape index (κ1) is 19.9. The molecule has 1 unspecified atom stereocenters. The molecular formula is C23H29N3O2. The second kappa shape index (κ2) is 8.46. The molecule has 28 heavy (non-hydrogen) atoms. The number of rotatable bonds is 7. The lowest BCUT2D eigenvalue weighted by Crippen LogP contribution is -2.37. The van der Waals surface area contributed by atoms with E-state index in [1.54, 1.807) is 0 Å². The van der Waals surface area contributed by atoms with Gasteiger partial charge in [-0.15, -0.1) is 0 Å². The zero-order chi connectivity index (χ0) is 20.1. The molecule has 0 saturated carbocycles. The maximum atomic E-state index is 12.4. The van der Waals surface area contributed by atoms with E-state index in [1.807, 2.05) is 76.2 Å². The van der Waals surface area contributed by atoms with Crippen molar-refractivity contribution in [2.75, 3.05) is 6.61 Å². The van der Waals surface area contributed by atoms with E-state index in [-0.39, 0.29) is 11.9 Å². The third kappa shape index (κ3) is 4.71. The molecule has 1 N–H and O–H groups in total. The molecule has 1 aromatic heterocycles. The van der Waals surface area contributed by atoms with Crippen molar-refractivity contribution >= 4 is 16.9 Å². The van der Waals surface area contributed by atoms with E-state index in [9.17, 15) is 4.79 Å². The fourth-order valence-corrected chi connectivity index (χ4v) is 3.07. The highest BCUT2D eigenvalue weighted by Gasteiger charge is 2.25. The lowest BCUT2D eigenvalue weighted by molar-refractivity contribution is -0.129. The zero-order valence-electron chi connectivity index (χ0n) is 17.1. The molecule has 0 aliphatic heterocycles. The van der Waals surface area contributed by atoms with Crippen LogP contribution >= 0.6 is 0 Å². The largest absolute Gasteiger partial charge is 0.494 e. The normalized spacial score (nSPS) is 12.7. The summed E-state index contributed by atoms with van der Waals surface area (Å²) in [7, 11) is 0. The lowest BCUT2D eigenvalue weighted by Gasteiger charge is -2.22. The van der Waals surface area contributed by atoms with Gasteiger partial charge in [-0.05, 0) is 37.6 Å². The van der Waals surface area contributed by atoms with Crippen molar-refractivity contribution in [3.05, 3.63) is 60.4 Å². The molecule has 0 spiro atoms. The number of imidazole rings is 1. The van der Waals surface area contributed by atoms with Crippen LogP contribution in [0.5, 0.6) is 5.75 Å². The number of fused-ring (bicyclic) bond motifs is 1. The molecule has 2 aromatic carbocycles. The van der Waals surface area contributed by atoms with Crippen LogP contribution in [0.4, 0.5) is 0 Å². The van der Waals surface area contributed by atoms with Gasteiger partial charge in [-0.1, -0.05) is 51.1 Å². The standard InChI is InChI=1S/C23H29N3O2/c1-17(24-22(27)23(2,3)4)21-25-19-13-8-9-14-20(19)26(21)15-10-16-28-18-11-6-5-7-12-18/h5-9,11-14,17H,10,15-16H2,1-4H3,(H,24,27). The second-order valence-electron chi connectivity index (χ2n) is 8.07. The fraction of sp³-hybridized carbons (Fsp3) is 0.391. The first-order valence-electron chi connectivity index (χ1n) is 9.80. The minimum absolute atomic E-state index is 0.0195. The third-order valence-corrected chi connectivity index (χ3v) is 4.64. The summed E-state index contributed by atoms with van der Waals surface area (Å²) in [5, 5.41) is 3.10. The van der Waals surface area contributed by atoms with E-state index in [2.05, 4.69) is 16.0 Å². The maximum Gasteiger partial charge on any atom is 0.225 e. The third-order valence-electron chi connectivity index (χ3n) is 4.64. The average Bonchev–Trinajstić information content (AvgIpc) is 3.04. The van der Waals surface area contributed by atoms with Gasteiger partial charge in [-0.2, -0.15) is 0 Å². The highest BCUT2D eigenvalue weighted by molar-refractivity contribution is 5.82. The molecule has 5 heteroatoms. The lowest BCUT2D eigenvalue weighted by atomic mass is 9.95. The van der Waals surface area contributed by atoms with Crippen molar-refractivity contribution in [1.82, 2.24) is 14.9 Å². The van der Waals surface area contributed by atoms with Gasteiger partial charge in [0.15, 0.2) is 0 Å². The van der Waals surface area contributed by atoms with Crippen LogP contribution < -0.4 is 10.1 Å². The Balaban J connectivity index is 1.74. The van der Waals surface area contributed by atoms with Gasteiger partial charge in [0.05, 0.1) is 23.7 Å². The Hall–Kier alpha value is -2.82. The number of nitrogens with one attached hydrogen (secondary N) is 1. The predicted molar refractivity (Wildman–Crippen MR) is 112 cm³/mol. The van der Waals surface area contributed by atoms with Crippen molar-refractivity contribution in [2.24, 2.45) is 5.41 Å². The van der Waals surface area contributed by atoms with Gasteiger partial charge in [0.25, 0.3) is 0 Å². The van der Waals surface area contributed by atoms with Crippen molar-refractivity contribution in [1.29, 1.82) is 0 Å². The zero-order valence-corrected chi connectivity index (χ0v) is 17.1. The summed E-state index contributed by atoms with van der Waals surface area (Å²) in [5.41, 5.74) is 1.58. The van der Waals surface area contributed by atoms with Crippen LogP contribution in [0.25, 0.3) is 11.0 Å². The second-order valence-corrected chi connectivity index (χ2v) is 8.07. The van der Waals surface area contributed by atoms with Crippen molar-refractivity contribution in [3.8, 4) is 5.75 Å². The number of carbonyl (C=O) groups is 1. The number of hydrogen-bond donors (Lipinski definition) is 1. The number of hydrogen-bond acceptors (Lipinski definition) is 3. The van der Waals surface area contributed by atoms with Gasteiger partial charge in [-0.25, -0.2) is 4.98 Å². The average molecular weight is 380 g/mol. The number of aromatic nitrogens is 2. The van der Waals surface area contributed by atoms with Gasteiger partial charge in [0, 0.05) is 12.0 Å². The maximum absolute atomic E-state index is 12.4. The molecule has 3 aromatic rings. The van der Waals surface area contributed by atoms with Crippen LogP contribution in [-0.4, -0.2) is 22.1 Å². The molecular weight excluding hydrogens is 350 g/mol. The molecule has 3 rings (SSSR count). The van der Waals surface area contributed by atoms with Crippen LogP contribution in [-0.2, 0) is 11.3 Å². The summed E-state index contributed by atoms with van der Waals surface area (Å²) in [5.74, 6) is 1.77. The SMILES string of the molecule is CC(NC(=O)C(C)(C)C)c1nc2ccccc2n1CCCOc1ccccc1. The fourth-order valence-electron chi connectivity index (χ4n) is 3.07. The number of benzene rings is 2. The van der Waals surface area contributed by atoms with E-state index in [4.69, 9.17) is 9.72 Å². The van der Waals surface area contributed by atoms with Gasteiger partial charge < -0.3 is 14.6 Å². The Morgan fingerprint density at radius 3 is 2.50 bits per heavy atom. The van der Waals surface area contributed by atoms with Crippen LogP contribution in [0.3, 0.4) is 0 Å². The van der Waals surface area contributed by atoms with E-state index in [0.29, 0.717) is 6.61 Å². The molecule has 0 bridgehead atoms. The summed E-state index contributed by atoms with van der Waals surface area (Å²) < 4.78 is 8.01. The highest BCUT2D eigenvalue weighted by Crippen LogP contribution is 2.23. The van der Waals surface area contributed by atoms with E-state index < -0.39 is 5.41 Å². The summed E-state index contributed by atoms with van der Waals surface area (Å²) in [6.07, 6.45) is 0.849. The molecule has 5 nitrogen and oxygen atoms in total. The minimum Gasteiger partial charge on any atom is -0.494 e. The molecule has 1 heterocycles. The summed E-state index contributed by atoms with van der Waals surface area (Å²) >= 11 is 0. The molecule has 148 valence electrons. The number of nitrogens with zero attached hydrogens (tertiary/aromatic N) is 2. The number of carbonyl (C=O) groups excluding carboxylic acids is 1. The minimum atomic E-state index is -0.436. The number of ether oxygens (including phenoxy) is 1. The molecule has 0 aliphatic carbocycles. The number of aryl methyl sites for hydroxylation is 1. The molecule has 0 aliphatic rings. The van der Waals surface area contributed by atoms with Crippen LogP contribution in [0.1, 0.15) is 46.0 Å². The van der Waals surface area contributed by atoms with Crippen molar-refractivity contribution in [3.63, 3.8) is 0 Å². The summed E-state index contributed by atoms with van der Waals surface area (Å²) in [6.45, 7) is 9.13. The number of amides is 1. The molecule has 0 fully saturated rings. The molecule has 0 radical (unpaired) electrons. The molecule has 1 atom stereocenters. The van der Waals surface area contributed by atoms with Gasteiger partial charge >= 0.3 is 0 Å². The van der Waals surface area contributed by atoms with Gasteiger partial charge in [0.2, 0.25) is 5.91 Å². The quantitative estimate of drug-likeness (QED) is 0.604. The Bertz CT molecular complexity index is 926. The van der Waals surface area contributed by atoms with E-state index >= 15 is 0 Å². The summed E-state index contributed by atoms with van der Waals surface area (Å²) in [4.78, 5) is 17.2. The van der Waals surface area contributed by atoms with Crippen LogP contribution in [0.15, 0.2) is 54.6 Å². The van der Waals surface area contributed by atoms with Gasteiger partial charge in [0.1, 0.15) is 11.6 Å². The van der Waals surface area contributed by atoms with Crippen molar-refractivity contribution in [2.45, 2.75) is 46.7 Å². The van der Waals surface area contributed by atoms with Crippen molar-refractivity contribution < 1.29 is 9.53 Å². The van der Waals surface area contributed by atoms with E-state index in [1.165, 1.54) is 0 Å². The van der Waals surface area contributed by atoms with Crippen LogP contribution in [0, 0.1) is 5.41 Å². The Labute approximate surface area is 166 Å². The smallest absolute Gasteiger partial charge is 0.225 e. The van der Waals surface area contributed by atoms with Crippen LogP contribution in [0.2, 0.25) is 0 Å². The predicted octanol–water partition coefficient (Wildman–Crippen LogP) is 4.73. The highest BCUT2D eigenvalue weighted by atomic mass is 16.5. The molecule has 1 amide bonds. The Morgan fingerprint density at radius 2 is 1.79 bits per heavy atom. The topological polar surface area (TPSA) is 56.2 Å². The number of para-hydroxylation sites is 3. The first-order chi connectivity index (χ1) is 13.4. The van der Waals surface area contributed by atoms with E-state index in [0.717, 1.165) is 35.6 Å². The monoisotopic (exact) mass is 379 g/mol. The Kier molecular flexibility index (Phi) is 6.02.